The van der Waals surface area contributed by atoms with Gasteiger partial charge in [-0.15, -0.1) is 0 Å². The third-order valence-corrected chi connectivity index (χ3v) is 9.22. The number of hydrogen-bond donors (Lipinski definition) is 0. The monoisotopic (exact) mass is 344 g/mol. The van der Waals surface area contributed by atoms with E-state index >= 15 is 0 Å². The summed E-state index contributed by atoms with van der Waals surface area (Å²) < 4.78 is 12.2. The van der Waals surface area contributed by atoms with Crippen LogP contribution in [0.25, 0.3) is 0 Å². The number of carbonyl (C=O) groups is 1. The minimum Gasteiger partial charge on any atom is -0.348 e. The second-order valence-corrected chi connectivity index (χ2v) is 10.2. The molecule has 0 aromatic rings. The van der Waals surface area contributed by atoms with Gasteiger partial charge in [-0.05, 0) is 54.8 Å². The molecule has 4 fully saturated rings. The van der Waals surface area contributed by atoms with Gasteiger partial charge in [-0.1, -0.05) is 32.4 Å². The van der Waals surface area contributed by atoms with Gasteiger partial charge in [-0.25, -0.2) is 0 Å². The average Bonchev–Trinajstić information content (AvgIpc) is 3.14. The van der Waals surface area contributed by atoms with Crippen LogP contribution in [-0.2, 0) is 14.3 Å². The lowest BCUT2D eigenvalue weighted by Gasteiger charge is -2.62. The molecular weight excluding hydrogens is 312 g/mol. The molecule has 0 bridgehead atoms. The molecule has 0 aromatic carbocycles. The van der Waals surface area contributed by atoms with E-state index in [2.05, 4.69) is 26.8 Å². The van der Waals surface area contributed by atoms with Crippen molar-refractivity contribution in [3.05, 3.63) is 11.6 Å². The molecular formula is C22H32O3. The minimum atomic E-state index is -0.311. The minimum absolute atomic E-state index is 0.0775. The topological polar surface area (TPSA) is 35.5 Å². The van der Waals surface area contributed by atoms with Crippen molar-refractivity contribution in [1.82, 2.24) is 0 Å². The predicted molar refractivity (Wildman–Crippen MR) is 96.0 cm³/mol. The van der Waals surface area contributed by atoms with Crippen molar-refractivity contribution >= 4 is 5.78 Å². The maximum atomic E-state index is 12.5. The van der Waals surface area contributed by atoms with Gasteiger partial charge in [0.1, 0.15) is 5.78 Å². The summed E-state index contributed by atoms with van der Waals surface area (Å²) in [6, 6.07) is 0. The Kier molecular flexibility index (Phi) is 3.29. The fraction of sp³-hybridized carbons (Fsp3) is 0.864. The first-order valence-electron chi connectivity index (χ1n) is 10.3. The Morgan fingerprint density at radius 3 is 2.56 bits per heavy atom. The van der Waals surface area contributed by atoms with Crippen molar-refractivity contribution < 1.29 is 14.3 Å². The molecule has 3 saturated carbocycles. The molecule has 0 radical (unpaired) electrons. The summed E-state index contributed by atoms with van der Waals surface area (Å²) >= 11 is 0. The van der Waals surface area contributed by atoms with E-state index in [1.807, 2.05) is 0 Å². The molecule has 4 aliphatic carbocycles. The van der Waals surface area contributed by atoms with E-state index in [9.17, 15) is 4.79 Å². The number of Topliss-reactive ketones (excluding diaryl/α,β-unsaturated/α-hetero) is 1. The number of allylic oxidation sites excluding steroid dienone is 2. The number of fused-ring (bicyclic) bond motifs is 5. The first-order chi connectivity index (χ1) is 11.8. The van der Waals surface area contributed by atoms with Crippen molar-refractivity contribution in [3.8, 4) is 0 Å². The van der Waals surface area contributed by atoms with E-state index in [0.717, 1.165) is 51.7 Å². The van der Waals surface area contributed by atoms with Crippen molar-refractivity contribution in [2.24, 2.45) is 28.1 Å². The van der Waals surface area contributed by atoms with Gasteiger partial charge in [-0.2, -0.15) is 0 Å². The summed E-state index contributed by atoms with van der Waals surface area (Å²) in [5.41, 5.74) is 2.09. The molecule has 2 unspecified atom stereocenters. The number of ketones is 1. The summed E-state index contributed by atoms with van der Waals surface area (Å²) in [7, 11) is 0. The first kappa shape index (κ1) is 16.5. The lowest BCUT2D eigenvalue weighted by molar-refractivity contribution is -0.229. The number of hydrogen-bond acceptors (Lipinski definition) is 3. The normalized spacial score (nSPS) is 51.0. The fourth-order valence-corrected chi connectivity index (χ4v) is 7.38. The highest BCUT2D eigenvalue weighted by Gasteiger charge is 2.63. The molecule has 3 nitrogen and oxygen atoms in total. The van der Waals surface area contributed by atoms with Gasteiger partial charge >= 0.3 is 0 Å². The molecule has 25 heavy (non-hydrogen) atoms. The van der Waals surface area contributed by atoms with E-state index in [-0.39, 0.29) is 22.0 Å². The quantitative estimate of drug-likeness (QED) is 0.600. The standard InChI is InChI=1S/C22H32O3/c1-19-8-6-15-16-4-5-18(23)20(16,2)9-7-17(15)21(19,3)10-11-22(14-19)24-12-13-25-22/h7,15-16H,4-6,8-14H2,1-3H3/t15?,16?,19-,20+,21-/m1/s1. The van der Waals surface area contributed by atoms with Crippen LogP contribution in [0.1, 0.15) is 72.1 Å². The molecule has 3 heteroatoms. The molecule has 1 heterocycles. The lowest BCUT2D eigenvalue weighted by atomic mass is 9.43. The second-order valence-electron chi connectivity index (χ2n) is 10.2. The van der Waals surface area contributed by atoms with Crippen LogP contribution < -0.4 is 0 Å². The van der Waals surface area contributed by atoms with Gasteiger partial charge < -0.3 is 9.47 Å². The third-order valence-electron chi connectivity index (χ3n) is 9.22. The molecule has 0 amide bonds. The zero-order valence-corrected chi connectivity index (χ0v) is 16.0. The molecule has 138 valence electrons. The van der Waals surface area contributed by atoms with Crippen LogP contribution in [0.3, 0.4) is 0 Å². The number of ether oxygens (including phenoxy) is 2. The Hall–Kier alpha value is -0.670. The summed E-state index contributed by atoms with van der Waals surface area (Å²) in [6.45, 7) is 8.73. The van der Waals surface area contributed by atoms with Crippen LogP contribution >= 0.6 is 0 Å². The van der Waals surface area contributed by atoms with Crippen LogP contribution in [0.15, 0.2) is 11.6 Å². The second kappa shape index (κ2) is 4.98. The zero-order valence-electron chi connectivity index (χ0n) is 16.0. The van der Waals surface area contributed by atoms with Gasteiger partial charge in [0.15, 0.2) is 5.79 Å². The number of carbonyl (C=O) groups excluding carboxylic acids is 1. The average molecular weight is 344 g/mol. The summed E-state index contributed by atoms with van der Waals surface area (Å²) in [4.78, 5) is 12.5. The van der Waals surface area contributed by atoms with E-state index in [4.69, 9.17) is 9.47 Å². The van der Waals surface area contributed by atoms with Crippen LogP contribution in [0.4, 0.5) is 0 Å². The van der Waals surface area contributed by atoms with E-state index in [0.29, 0.717) is 17.6 Å². The smallest absolute Gasteiger partial charge is 0.169 e. The van der Waals surface area contributed by atoms with E-state index < -0.39 is 0 Å². The maximum Gasteiger partial charge on any atom is 0.169 e. The summed E-state index contributed by atoms with van der Waals surface area (Å²) in [6.07, 6.45) is 11.1. The van der Waals surface area contributed by atoms with Gasteiger partial charge in [0.2, 0.25) is 0 Å². The molecule has 0 aromatic heterocycles. The van der Waals surface area contributed by atoms with Crippen molar-refractivity contribution in [2.75, 3.05) is 13.2 Å². The maximum absolute atomic E-state index is 12.5. The number of rotatable bonds is 0. The molecule has 1 spiro atoms. The Bertz CT molecular complexity index is 646. The SMILES string of the molecule is C[C@]12CCC3C(=CC[C@]4(C)C(=O)CCC34)[C@@]1(C)CCC1(C2)OCCO1. The van der Waals surface area contributed by atoms with Crippen molar-refractivity contribution in [3.63, 3.8) is 0 Å². The van der Waals surface area contributed by atoms with Gasteiger partial charge in [0, 0.05) is 24.7 Å². The molecule has 5 rings (SSSR count). The van der Waals surface area contributed by atoms with Crippen molar-refractivity contribution in [1.29, 1.82) is 0 Å². The third kappa shape index (κ3) is 1.97. The first-order valence-corrected chi connectivity index (χ1v) is 10.3. The Morgan fingerprint density at radius 1 is 1.04 bits per heavy atom. The Labute approximate surface area is 151 Å². The Balaban J connectivity index is 1.52. The van der Waals surface area contributed by atoms with E-state index in [1.54, 1.807) is 5.57 Å². The largest absolute Gasteiger partial charge is 0.348 e. The Morgan fingerprint density at radius 2 is 1.80 bits per heavy atom. The van der Waals surface area contributed by atoms with Crippen LogP contribution in [0, 0.1) is 28.1 Å². The van der Waals surface area contributed by atoms with Crippen LogP contribution in [-0.4, -0.2) is 24.8 Å². The van der Waals surface area contributed by atoms with Gasteiger partial charge in [-0.3, -0.25) is 4.79 Å². The highest BCUT2D eigenvalue weighted by molar-refractivity contribution is 5.87. The molecule has 1 aliphatic heterocycles. The van der Waals surface area contributed by atoms with Crippen LogP contribution in [0.5, 0.6) is 0 Å². The van der Waals surface area contributed by atoms with E-state index in [1.165, 1.54) is 12.8 Å². The summed E-state index contributed by atoms with van der Waals surface area (Å²) in [5.74, 6) is 1.41. The molecule has 5 atom stereocenters. The van der Waals surface area contributed by atoms with Crippen molar-refractivity contribution in [2.45, 2.75) is 77.9 Å². The highest BCUT2D eigenvalue weighted by Crippen LogP contribution is 2.69. The summed E-state index contributed by atoms with van der Waals surface area (Å²) in [5, 5.41) is 0. The molecule has 5 aliphatic rings. The zero-order chi connectivity index (χ0) is 17.5. The fourth-order valence-electron chi connectivity index (χ4n) is 7.38. The van der Waals surface area contributed by atoms with Gasteiger partial charge in [0.05, 0.1) is 13.2 Å². The van der Waals surface area contributed by atoms with Gasteiger partial charge in [0.25, 0.3) is 0 Å². The lowest BCUT2D eigenvalue weighted by Crippen LogP contribution is -2.56. The van der Waals surface area contributed by atoms with Crippen LogP contribution in [0.2, 0.25) is 0 Å². The molecule has 0 N–H and O–H groups in total. The predicted octanol–water partition coefficient (Wildman–Crippen LogP) is 4.65. The molecule has 1 saturated heterocycles. The highest BCUT2D eigenvalue weighted by atomic mass is 16.7.